The molecule has 0 aromatic heterocycles. The summed E-state index contributed by atoms with van der Waals surface area (Å²) < 4.78 is 16.5. The van der Waals surface area contributed by atoms with Crippen molar-refractivity contribution in [2.45, 2.75) is 26.4 Å². The topological polar surface area (TPSA) is 44.8 Å². The molecule has 0 fully saturated rings. The molecule has 1 rings (SSSR count). The standard InChI is InChI=1S/C15H21BrO4/c1-3-4-7-19-8-9-20-11-13-6-5-12(10-14(13)16)15(17)18-2/h5-6,10H,3-4,7-9,11H2,1-2H3. The Morgan fingerprint density at radius 2 is 1.95 bits per heavy atom. The van der Waals surface area contributed by atoms with Crippen molar-refractivity contribution in [1.82, 2.24) is 0 Å². The number of benzene rings is 1. The van der Waals surface area contributed by atoms with Crippen molar-refractivity contribution in [3.8, 4) is 0 Å². The van der Waals surface area contributed by atoms with Gasteiger partial charge in [0.1, 0.15) is 0 Å². The maximum atomic E-state index is 11.4. The number of ether oxygens (including phenoxy) is 3. The van der Waals surface area contributed by atoms with E-state index >= 15 is 0 Å². The van der Waals surface area contributed by atoms with Gasteiger partial charge in [-0.05, 0) is 24.1 Å². The van der Waals surface area contributed by atoms with E-state index in [1.165, 1.54) is 7.11 Å². The fourth-order valence-corrected chi connectivity index (χ4v) is 2.05. The van der Waals surface area contributed by atoms with Gasteiger partial charge in [-0.3, -0.25) is 0 Å². The van der Waals surface area contributed by atoms with Crippen LogP contribution in [-0.2, 0) is 20.8 Å². The Morgan fingerprint density at radius 3 is 2.60 bits per heavy atom. The van der Waals surface area contributed by atoms with Crippen molar-refractivity contribution >= 4 is 21.9 Å². The van der Waals surface area contributed by atoms with Gasteiger partial charge in [0.05, 0.1) is 32.5 Å². The van der Waals surface area contributed by atoms with Crippen LogP contribution in [0, 0.1) is 0 Å². The smallest absolute Gasteiger partial charge is 0.337 e. The van der Waals surface area contributed by atoms with Gasteiger partial charge in [-0.15, -0.1) is 0 Å². The van der Waals surface area contributed by atoms with Crippen LogP contribution in [0.5, 0.6) is 0 Å². The number of hydrogen-bond donors (Lipinski definition) is 0. The fourth-order valence-electron chi connectivity index (χ4n) is 1.56. The summed E-state index contributed by atoms with van der Waals surface area (Å²) in [6, 6.07) is 5.32. The lowest BCUT2D eigenvalue weighted by Gasteiger charge is -2.08. The van der Waals surface area contributed by atoms with Gasteiger partial charge in [0.2, 0.25) is 0 Å². The first kappa shape index (κ1) is 17.1. The summed E-state index contributed by atoms with van der Waals surface area (Å²) in [5.41, 5.74) is 1.51. The van der Waals surface area contributed by atoms with E-state index in [9.17, 15) is 4.79 Å². The van der Waals surface area contributed by atoms with Gasteiger partial charge >= 0.3 is 5.97 Å². The van der Waals surface area contributed by atoms with Crippen LogP contribution >= 0.6 is 15.9 Å². The largest absolute Gasteiger partial charge is 0.465 e. The molecule has 112 valence electrons. The Kier molecular flexibility index (Phi) is 8.49. The molecule has 0 saturated heterocycles. The van der Waals surface area contributed by atoms with Crippen LogP contribution in [0.1, 0.15) is 35.7 Å². The summed E-state index contributed by atoms with van der Waals surface area (Å²) in [5, 5.41) is 0. The third-order valence-corrected chi connectivity index (χ3v) is 3.48. The van der Waals surface area contributed by atoms with E-state index in [-0.39, 0.29) is 5.97 Å². The van der Waals surface area contributed by atoms with Crippen LogP contribution in [0.3, 0.4) is 0 Å². The highest BCUT2D eigenvalue weighted by Crippen LogP contribution is 2.20. The van der Waals surface area contributed by atoms with Crippen molar-refractivity contribution in [2.24, 2.45) is 0 Å². The van der Waals surface area contributed by atoms with Crippen LogP contribution in [0.2, 0.25) is 0 Å². The molecule has 0 spiro atoms. The highest BCUT2D eigenvalue weighted by atomic mass is 79.9. The lowest BCUT2D eigenvalue weighted by atomic mass is 10.1. The number of rotatable bonds is 9. The SMILES string of the molecule is CCCCOCCOCc1ccc(C(=O)OC)cc1Br. The molecule has 0 amide bonds. The van der Waals surface area contributed by atoms with Crippen molar-refractivity contribution in [2.75, 3.05) is 26.9 Å². The van der Waals surface area contributed by atoms with Crippen molar-refractivity contribution in [3.05, 3.63) is 33.8 Å². The van der Waals surface area contributed by atoms with Crippen LogP contribution in [0.15, 0.2) is 22.7 Å². The molecule has 0 unspecified atom stereocenters. The Labute approximate surface area is 128 Å². The molecule has 0 aliphatic carbocycles. The predicted molar refractivity (Wildman–Crippen MR) is 80.9 cm³/mol. The van der Waals surface area contributed by atoms with Crippen LogP contribution in [0.25, 0.3) is 0 Å². The van der Waals surface area contributed by atoms with Gasteiger partial charge in [0.15, 0.2) is 0 Å². The zero-order valence-corrected chi connectivity index (χ0v) is 13.6. The zero-order valence-electron chi connectivity index (χ0n) is 12.0. The summed E-state index contributed by atoms with van der Waals surface area (Å²) in [7, 11) is 1.37. The third-order valence-electron chi connectivity index (χ3n) is 2.75. The molecule has 1 aromatic carbocycles. The van der Waals surface area contributed by atoms with Crippen LogP contribution < -0.4 is 0 Å². The third kappa shape index (κ3) is 6.03. The summed E-state index contributed by atoms with van der Waals surface area (Å²) in [4.78, 5) is 11.4. The molecule has 4 nitrogen and oxygen atoms in total. The molecule has 0 bridgehead atoms. The van der Waals surface area contributed by atoms with E-state index in [2.05, 4.69) is 27.6 Å². The first-order chi connectivity index (χ1) is 9.69. The van der Waals surface area contributed by atoms with E-state index < -0.39 is 0 Å². The molecule has 5 heteroatoms. The fraction of sp³-hybridized carbons (Fsp3) is 0.533. The number of carbonyl (C=O) groups excluding carboxylic acids is 1. The average molecular weight is 345 g/mol. The lowest BCUT2D eigenvalue weighted by molar-refractivity contribution is 0.0395. The number of halogens is 1. The minimum absolute atomic E-state index is 0.345. The molecular formula is C15H21BrO4. The van der Waals surface area contributed by atoms with Crippen molar-refractivity contribution in [1.29, 1.82) is 0 Å². The Morgan fingerprint density at radius 1 is 1.20 bits per heavy atom. The lowest BCUT2D eigenvalue weighted by Crippen LogP contribution is -2.06. The average Bonchev–Trinajstić information content (AvgIpc) is 2.46. The summed E-state index contributed by atoms with van der Waals surface area (Å²) in [6.07, 6.45) is 2.22. The number of unbranched alkanes of at least 4 members (excludes halogenated alkanes) is 1. The molecule has 0 saturated carbocycles. The van der Waals surface area contributed by atoms with Crippen molar-refractivity contribution < 1.29 is 19.0 Å². The van der Waals surface area contributed by atoms with E-state index in [0.717, 1.165) is 29.5 Å². The number of esters is 1. The maximum Gasteiger partial charge on any atom is 0.337 e. The highest BCUT2D eigenvalue weighted by molar-refractivity contribution is 9.10. The first-order valence-electron chi connectivity index (χ1n) is 6.71. The summed E-state index contributed by atoms with van der Waals surface area (Å²) in [6.45, 7) is 4.58. The van der Waals surface area contributed by atoms with Crippen molar-refractivity contribution in [3.63, 3.8) is 0 Å². The van der Waals surface area contributed by atoms with Gasteiger partial charge in [-0.2, -0.15) is 0 Å². The molecule has 20 heavy (non-hydrogen) atoms. The predicted octanol–water partition coefficient (Wildman–Crippen LogP) is 3.57. The first-order valence-corrected chi connectivity index (χ1v) is 7.50. The summed E-state index contributed by atoms with van der Waals surface area (Å²) >= 11 is 3.43. The quantitative estimate of drug-likeness (QED) is 0.507. The molecule has 0 heterocycles. The summed E-state index contributed by atoms with van der Waals surface area (Å²) in [5.74, 6) is -0.345. The molecule has 0 radical (unpaired) electrons. The van der Waals surface area contributed by atoms with Gasteiger partial charge in [0.25, 0.3) is 0 Å². The number of hydrogen-bond acceptors (Lipinski definition) is 4. The number of carbonyl (C=O) groups is 1. The molecule has 0 aliphatic rings. The second-order valence-electron chi connectivity index (χ2n) is 4.32. The minimum atomic E-state index is -0.345. The Hall–Kier alpha value is -0.910. The van der Waals surface area contributed by atoms with Crippen LogP contribution in [0.4, 0.5) is 0 Å². The second-order valence-corrected chi connectivity index (χ2v) is 5.17. The van der Waals surface area contributed by atoms with Gasteiger partial charge < -0.3 is 14.2 Å². The molecular weight excluding hydrogens is 324 g/mol. The Bertz CT molecular complexity index is 420. The monoisotopic (exact) mass is 344 g/mol. The van der Waals surface area contributed by atoms with E-state index in [1.807, 2.05) is 6.07 Å². The van der Waals surface area contributed by atoms with E-state index in [0.29, 0.717) is 25.4 Å². The molecule has 0 atom stereocenters. The van der Waals surface area contributed by atoms with E-state index in [4.69, 9.17) is 9.47 Å². The van der Waals surface area contributed by atoms with Gasteiger partial charge in [0, 0.05) is 11.1 Å². The minimum Gasteiger partial charge on any atom is -0.465 e. The van der Waals surface area contributed by atoms with Gasteiger partial charge in [-0.1, -0.05) is 35.3 Å². The second kappa shape index (κ2) is 9.91. The molecule has 1 aromatic rings. The normalized spacial score (nSPS) is 10.6. The molecule has 0 N–H and O–H groups in total. The van der Waals surface area contributed by atoms with Crippen LogP contribution in [-0.4, -0.2) is 32.9 Å². The zero-order chi connectivity index (χ0) is 14.8. The molecule has 0 aliphatic heterocycles. The van der Waals surface area contributed by atoms with E-state index in [1.54, 1.807) is 12.1 Å². The highest BCUT2D eigenvalue weighted by Gasteiger charge is 2.08. The Balaban J connectivity index is 2.32. The number of methoxy groups -OCH3 is 1. The van der Waals surface area contributed by atoms with Gasteiger partial charge in [-0.25, -0.2) is 4.79 Å². The maximum absolute atomic E-state index is 11.4.